The third-order valence-corrected chi connectivity index (χ3v) is 4.14. The molecule has 0 aliphatic carbocycles. The first-order valence-corrected chi connectivity index (χ1v) is 8.18. The summed E-state index contributed by atoms with van der Waals surface area (Å²) in [6.45, 7) is 0. The minimum Gasteiger partial charge on any atom is -0.448 e. The number of aromatic nitrogens is 2. The van der Waals surface area contributed by atoms with Gasteiger partial charge in [-0.2, -0.15) is 0 Å². The molecule has 2 aromatic carbocycles. The van der Waals surface area contributed by atoms with Gasteiger partial charge in [-0.25, -0.2) is 14.8 Å². The smallest absolute Gasteiger partial charge is 0.339 e. The third-order valence-electron chi connectivity index (χ3n) is 4.14. The largest absolute Gasteiger partial charge is 0.448 e. The van der Waals surface area contributed by atoms with Crippen molar-refractivity contribution in [3.05, 3.63) is 78.1 Å². The van der Waals surface area contributed by atoms with Crippen LogP contribution in [0.4, 0.5) is 5.69 Å². The monoisotopic (exact) mass is 345 g/mol. The van der Waals surface area contributed by atoms with Gasteiger partial charge in [0.2, 0.25) is 0 Å². The minimum atomic E-state index is -0.869. The molecule has 0 spiro atoms. The molecule has 1 aromatic heterocycles. The van der Waals surface area contributed by atoms with Crippen LogP contribution in [0, 0.1) is 0 Å². The van der Waals surface area contributed by atoms with Crippen LogP contribution in [-0.2, 0) is 16.0 Å². The van der Waals surface area contributed by atoms with E-state index in [9.17, 15) is 9.59 Å². The zero-order valence-electron chi connectivity index (χ0n) is 13.8. The van der Waals surface area contributed by atoms with Crippen LogP contribution in [0.1, 0.15) is 15.9 Å². The highest BCUT2D eigenvalue weighted by atomic mass is 16.5. The number of hydrogen-bond donors (Lipinski definition) is 1. The lowest BCUT2D eigenvalue weighted by Crippen LogP contribution is -2.38. The van der Waals surface area contributed by atoms with Gasteiger partial charge in [-0.3, -0.25) is 4.79 Å². The van der Waals surface area contributed by atoms with Crippen molar-refractivity contribution in [2.45, 2.75) is 12.5 Å². The first kappa shape index (κ1) is 16.0. The van der Waals surface area contributed by atoms with Crippen molar-refractivity contribution in [2.24, 2.45) is 0 Å². The number of ether oxygens (including phenoxy) is 1. The van der Waals surface area contributed by atoms with E-state index >= 15 is 0 Å². The van der Waals surface area contributed by atoms with Gasteiger partial charge < -0.3 is 10.1 Å². The van der Waals surface area contributed by atoms with Crippen molar-refractivity contribution in [2.75, 3.05) is 5.32 Å². The zero-order chi connectivity index (χ0) is 17.9. The van der Waals surface area contributed by atoms with Crippen molar-refractivity contribution in [1.82, 2.24) is 9.97 Å². The average molecular weight is 345 g/mol. The number of rotatable bonds is 3. The van der Waals surface area contributed by atoms with E-state index in [4.69, 9.17) is 4.74 Å². The lowest BCUT2D eigenvalue weighted by Gasteiger charge is -2.23. The summed E-state index contributed by atoms with van der Waals surface area (Å²) >= 11 is 0. The fraction of sp³-hybridized carbons (Fsp3) is 0.100. The van der Waals surface area contributed by atoms with Crippen molar-refractivity contribution < 1.29 is 14.3 Å². The molecule has 6 heteroatoms. The van der Waals surface area contributed by atoms with E-state index in [1.807, 2.05) is 42.5 Å². The summed E-state index contributed by atoms with van der Waals surface area (Å²) in [6, 6.07) is 16.7. The van der Waals surface area contributed by atoms with Crippen LogP contribution in [0.2, 0.25) is 0 Å². The van der Waals surface area contributed by atoms with Crippen LogP contribution >= 0.6 is 0 Å². The quantitative estimate of drug-likeness (QED) is 0.738. The normalized spacial score (nSPS) is 15.7. The predicted molar refractivity (Wildman–Crippen MR) is 95.4 cm³/mol. The Bertz CT molecular complexity index is 956. The Morgan fingerprint density at radius 2 is 1.69 bits per heavy atom. The number of nitrogens with one attached hydrogen (secondary N) is 1. The van der Waals surface area contributed by atoms with Crippen LogP contribution in [-0.4, -0.2) is 27.9 Å². The molecule has 0 bridgehead atoms. The van der Waals surface area contributed by atoms with Crippen LogP contribution < -0.4 is 5.32 Å². The summed E-state index contributed by atoms with van der Waals surface area (Å²) in [4.78, 5) is 33.0. The van der Waals surface area contributed by atoms with Crippen molar-refractivity contribution >= 4 is 17.6 Å². The molecule has 0 saturated heterocycles. The van der Waals surface area contributed by atoms with Crippen molar-refractivity contribution in [3.63, 3.8) is 0 Å². The predicted octanol–water partition coefficient (Wildman–Crippen LogP) is 2.86. The minimum absolute atomic E-state index is 0.344. The number of nitrogens with zero attached hydrogens (tertiary/aromatic N) is 2. The second-order valence-corrected chi connectivity index (χ2v) is 5.91. The Morgan fingerprint density at radius 3 is 2.46 bits per heavy atom. The molecule has 1 aliphatic rings. The summed E-state index contributed by atoms with van der Waals surface area (Å²) in [5.41, 5.74) is 2.65. The first-order valence-electron chi connectivity index (χ1n) is 8.18. The van der Waals surface area contributed by atoms with Gasteiger partial charge >= 0.3 is 5.97 Å². The number of hydrogen-bond acceptors (Lipinski definition) is 5. The Balaban J connectivity index is 1.46. The average Bonchev–Trinajstić information content (AvgIpc) is 2.69. The molecule has 1 aliphatic heterocycles. The molecule has 0 saturated carbocycles. The number of amides is 1. The second kappa shape index (κ2) is 6.76. The maximum atomic E-state index is 12.4. The molecule has 0 fully saturated rings. The van der Waals surface area contributed by atoms with E-state index in [-0.39, 0.29) is 0 Å². The maximum absolute atomic E-state index is 12.4. The van der Waals surface area contributed by atoms with Gasteiger partial charge in [-0.15, -0.1) is 0 Å². The summed E-state index contributed by atoms with van der Waals surface area (Å²) in [5.74, 6) is -0.312. The number of anilines is 1. The van der Waals surface area contributed by atoms with Crippen molar-refractivity contribution in [3.8, 4) is 11.4 Å². The highest BCUT2D eigenvalue weighted by Gasteiger charge is 2.31. The molecule has 6 nitrogen and oxygen atoms in total. The summed E-state index contributed by atoms with van der Waals surface area (Å²) in [5, 5.41) is 2.70. The van der Waals surface area contributed by atoms with E-state index in [1.54, 1.807) is 12.1 Å². The van der Waals surface area contributed by atoms with Crippen LogP contribution in [0.5, 0.6) is 0 Å². The Kier molecular flexibility index (Phi) is 4.15. The second-order valence-electron chi connectivity index (χ2n) is 5.91. The molecule has 1 amide bonds. The molecule has 3 aromatic rings. The number of carbonyl (C=O) groups excluding carboxylic acids is 2. The van der Waals surface area contributed by atoms with Gasteiger partial charge in [0.1, 0.15) is 0 Å². The Labute approximate surface area is 149 Å². The lowest BCUT2D eigenvalue weighted by atomic mass is 9.98. The Morgan fingerprint density at radius 1 is 1.00 bits per heavy atom. The third kappa shape index (κ3) is 3.17. The molecule has 1 atom stereocenters. The van der Waals surface area contributed by atoms with Gasteiger partial charge in [0.05, 0.1) is 23.6 Å². The number of carbonyl (C=O) groups is 2. The topological polar surface area (TPSA) is 81.2 Å². The molecule has 4 rings (SSSR count). The van der Waals surface area contributed by atoms with E-state index < -0.39 is 18.0 Å². The lowest BCUT2D eigenvalue weighted by molar-refractivity contribution is -0.125. The summed E-state index contributed by atoms with van der Waals surface area (Å²) in [6.07, 6.45) is 2.54. The first-order chi connectivity index (χ1) is 12.7. The molecular weight excluding hydrogens is 330 g/mol. The molecule has 1 N–H and O–H groups in total. The number of cyclic esters (lactones) is 1. The molecule has 2 heterocycles. The van der Waals surface area contributed by atoms with Gasteiger partial charge in [0.25, 0.3) is 5.91 Å². The standard InChI is InChI=1S/C20H15N3O3/c24-19(17-10-14-8-4-5-9-16(14)20(25)26-17)23-15-11-21-18(22-12-15)13-6-2-1-3-7-13/h1-9,11-12,17H,10H2,(H,23,24). The van der Waals surface area contributed by atoms with Crippen LogP contribution in [0.25, 0.3) is 11.4 Å². The molecule has 1 unspecified atom stereocenters. The highest BCUT2D eigenvalue weighted by Crippen LogP contribution is 2.21. The van der Waals surface area contributed by atoms with Crippen molar-refractivity contribution in [1.29, 1.82) is 0 Å². The van der Waals surface area contributed by atoms with E-state index in [0.29, 0.717) is 23.5 Å². The van der Waals surface area contributed by atoms with E-state index in [0.717, 1.165) is 11.1 Å². The van der Waals surface area contributed by atoms with Crippen LogP contribution in [0.3, 0.4) is 0 Å². The number of benzene rings is 2. The van der Waals surface area contributed by atoms with E-state index in [1.165, 1.54) is 12.4 Å². The van der Waals surface area contributed by atoms with E-state index in [2.05, 4.69) is 15.3 Å². The fourth-order valence-corrected chi connectivity index (χ4v) is 2.83. The molecule has 26 heavy (non-hydrogen) atoms. The Hall–Kier alpha value is -3.54. The summed E-state index contributed by atoms with van der Waals surface area (Å²) < 4.78 is 5.25. The fourth-order valence-electron chi connectivity index (χ4n) is 2.83. The SMILES string of the molecule is O=C1OC(C(=O)Nc2cnc(-c3ccccc3)nc2)Cc2ccccc21. The summed E-state index contributed by atoms with van der Waals surface area (Å²) in [7, 11) is 0. The number of esters is 1. The highest BCUT2D eigenvalue weighted by molar-refractivity contribution is 5.99. The van der Waals surface area contributed by atoms with Gasteiger partial charge in [0, 0.05) is 12.0 Å². The number of fused-ring (bicyclic) bond motifs is 1. The van der Waals surface area contributed by atoms with Gasteiger partial charge in [-0.1, -0.05) is 48.5 Å². The molecule has 128 valence electrons. The van der Waals surface area contributed by atoms with Gasteiger partial charge in [-0.05, 0) is 11.6 Å². The van der Waals surface area contributed by atoms with Crippen LogP contribution in [0.15, 0.2) is 67.0 Å². The molecular formula is C20H15N3O3. The molecule has 0 radical (unpaired) electrons. The maximum Gasteiger partial charge on any atom is 0.339 e. The zero-order valence-corrected chi connectivity index (χ0v) is 13.8. The van der Waals surface area contributed by atoms with Gasteiger partial charge in [0.15, 0.2) is 11.9 Å².